The van der Waals surface area contributed by atoms with Crippen LogP contribution in [0.5, 0.6) is 0 Å². The SMILES string of the molecule is CC(=O)Nc1cccc(NC(=O)Cc2csc(CCCN)n2)c1. The molecular formula is C16H20N4O2S. The van der Waals surface area contributed by atoms with Gasteiger partial charge in [-0.15, -0.1) is 11.3 Å². The highest BCUT2D eigenvalue weighted by atomic mass is 32.1. The second kappa shape index (κ2) is 8.40. The van der Waals surface area contributed by atoms with Gasteiger partial charge in [0.05, 0.1) is 17.1 Å². The maximum absolute atomic E-state index is 12.1. The fraction of sp³-hybridized carbons (Fsp3) is 0.312. The molecule has 122 valence electrons. The van der Waals surface area contributed by atoms with Gasteiger partial charge in [-0.05, 0) is 31.2 Å². The predicted molar refractivity (Wildman–Crippen MR) is 92.6 cm³/mol. The van der Waals surface area contributed by atoms with Crippen LogP contribution in [-0.2, 0) is 22.4 Å². The van der Waals surface area contributed by atoms with E-state index >= 15 is 0 Å². The molecule has 7 heteroatoms. The Kier molecular flexibility index (Phi) is 6.25. The first kappa shape index (κ1) is 17.1. The number of anilines is 2. The topological polar surface area (TPSA) is 97.1 Å². The molecule has 1 heterocycles. The van der Waals surface area contributed by atoms with Crippen molar-refractivity contribution in [3.8, 4) is 0 Å². The first-order valence-electron chi connectivity index (χ1n) is 7.37. The zero-order valence-electron chi connectivity index (χ0n) is 13.0. The molecule has 0 aliphatic heterocycles. The average molecular weight is 332 g/mol. The Morgan fingerprint density at radius 1 is 1.26 bits per heavy atom. The number of nitrogens with zero attached hydrogens (tertiary/aromatic N) is 1. The number of carbonyl (C=O) groups excluding carboxylic acids is 2. The summed E-state index contributed by atoms with van der Waals surface area (Å²) >= 11 is 1.55. The minimum absolute atomic E-state index is 0.138. The molecule has 4 N–H and O–H groups in total. The molecule has 0 atom stereocenters. The van der Waals surface area contributed by atoms with Crippen LogP contribution < -0.4 is 16.4 Å². The highest BCUT2D eigenvalue weighted by Crippen LogP contribution is 2.16. The molecule has 2 aromatic rings. The van der Waals surface area contributed by atoms with Gasteiger partial charge in [0, 0.05) is 30.1 Å². The third-order valence-corrected chi connectivity index (χ3v) is 3.96. The Balaban J connectivity index is 1.91. The molecule has 6 nitrogen and oxygen atoms in total. The number of nitrogens with two attached hydrogens (primary N) is 1. The molecule has 2 rings (SSSR count). The highest BCUT2D eigenvalue weighted by Gasteiger charge is 2.08. The number of aryl methyl sites for hydroxylation is 1. The smallest absolute Gasteiger partial charge is 0.230 e. The summed E-state index contributed by atoms with van der Waals surface area (Å²) in [5.74, 6) is -0.290. The second-order valence-corrected chi connectivity index (χ2v) is 6.05. The Morgan fingerprint density at radius 3 is 2.70 bits per heavy atom. The standard InChI is InChI=1S/C16H20N4O2S/c1-11(21)18-12-4-2-5-13(8-12)19-15(22)9-14-10-23-16(20-14)6-3-7-17/h2,4-5,8,10H,3,6-7,9,17H2,1H3,(H,18,21)(H,19,22). The van der Waals surface area contributed by atoms with E-state index in [1.807, 2.05) is 5.38 Å². The summed E-state index contributed by atoms with van der Waals surface area (Å²) in [6.07, 6.45) is 1.97. The zero-order valence-corrected chi connectivity index (χ0v) is 13.8. The van der Waals surface area contributed by atoms with Crippen LogP contribution in [0.1, 0.15) is 24.0 Å². The summed E-state index contributed by atoms with van der Waals surface area (Å²) in [7, 11) is 0. The van der Waals surface area contributed by atoms with Crippen LogP contribution in [0, 0.1) is 0 Å². The molecule has 0 fully saturated rings. The Bertz CT molecular complexity index is 684. The highest BCUT2D eigenvalue weighted by molar-refractivity contribution is 7.09. The van der Waals surface area contributed by atoms with E-state index in [9.17, 15) is 9.59 Å². The molecule has 0 aliphatic carbocycles. The van der Waals surface area contributed by atoms with E-state index in [1.54, 1.807) is 35.6 Å². The first-order chi connectivity index (χ1) is 11.1. The van der Waals surface area contributed by atoms with Gasteiger partial charge in [-0.1, -0.05) is 6.07 Å². The summed E-state index contributed by atoms with van der Waals surface area (Å²) in [6.45, 7) is 2.08. The third-order valence-electron chi connectivity index (χ3n) is 3.00. The fourth-order valence-corrected chi connectivity index (χ4v) is 2.89. The molecule has 0 radical (unpaired) electrons. The minimum atomic E-state index is -0.152. The van der Waals surface area contributed by atoms with Crippen LogP contribution in [0.4, 0.5) is 11.4 Å². The van der Waals surface area contributed by atoms with Gasteiger partial charge in [0.15, 0.2) is 0 Å². The Labute approximate surface area is 139 Å². The number of rotatable bonds is 7. The van der Waals surface area contributed by atoms with Crippen LogP contribution in [-0.4, -0.2) is 23.3 Å². The van der Waals surface area contributed by atoms with E-state index in [1.165, 1.54) is 6.92 Å². The number of carbonyl (C=O) groups is 2. The van der Waals surface area contributed by atoms with Crippen LogP contribution in [0.3, 0.4) is 0 Å². The maximum atomic E-state index is 12.1. The Hall–Kier alpha value is -2.25. The van der Waals surface area contributed by atoms with E-state index in [4.69, 9.17) is 5.73 Å². The van der Waals surface area contributed by atoms with E-state index in [0.29, 0.717) is 17.9 Å². The maximum Gasteiger partial charge on any atom is 0.230 e. The second-order valence-electron chi connectivity index (χ2n) is 5.11. The van der Waals surface area contributed by atoms with Crippen molar-refractivity contribution in [3.63, 3.8) is 0 Å². The zero-order chi connectivity index (χ0) is 16.7. The molecule has 0 saturated carbocycles. The molecule has 0 aliphatic rings. The number of hydrogen-bond donors (Lipinski definition) is 3. The molecular weight excluding hydrogens is 312 g/mol. The monoisotopic (exact) mass is 332 g/mol. The van der Waals surface area contributed by atoms with Gasteiger partial charge in [-0.25, -0.2) is 4.98 Å². The van der Waals surface area contributed by atoms with Crippen LogP contribution >= 0.6 is 11.3 Å². The molecule has 0 unspecified atom stereocenters. The largest absolute Gasteiger partial charge is 0.330 e. The molecule has 0 spiro atoms. The lowest BCUT2D eigenvalue weighted by Crippen LogP contribution is -2.15. The van der Waals surface area contributed by atoms with Gasteiger partial charge in [0.2, 0.25) is 11.8 Å². The number of amides is 2. The lowest BCUT2D eigenvalue weighted by atomic mass is 10.2. The van der Waals surface area contributed by atoms with Gasteiger partial charge in [0.25, 0.3) is 0 Å². The van der Waals surface area contributed by atoms with Gasteiger partial charge in [-0.3, -0.25) is 9.59 Å². The van der Waals surface area contributed by atoms with Gasteiger partial charge < -0.3 is 16.4 Å². The number of hydrogen-bond acceptors (Lipinski definition) is 5. The van der Waals surface area contributed by atoms with Crippen molar-refractivity contribution < 1.29 is 9.59 Å². The summed E-state index contributed by atoms with van der Waals surface area (Å²) in [5.41, 5.74) is 7.53. The van der Waals surface area contributed by atoms with Crippen molar-refractivity contribution in [1.82, 2.24) is 4.98 Å². The van der Waals surface area contributed by atoms with Crippen molar-refractivity contribution in [2.45, 2.75) is 26.2 Å². The number of aromatic nitrogens is 1. The van der Waals surface area contributed by atoms with E-state index in [-0.39, 0.29) is 18.2 Å². The summed E-state index contributed by atoms with van der Waals surface area (Å²) < 4.78 is 0. The molecule has 1 aromatic carbocycles. The third kappa shape index (κ3) is 5.80. The molecule has 23 heavy (non-hydrogen) atoms. The average Bonchev–Trinajstić information content (AvgIpc) is 2.92. The van der Waals surface area contributed by atoms with Gasteiger partial charge in [-0.2, -0.15) is 0 Å². The van der Waals surface area contributed by atoms with Gasteiger partial charge in [0.1, 0.15) is 0 Å². The number of thiazole rings is 1. The van der Waals surface area contributed by atoms with Crippen molar-refractivity contribution >= 4 is 34.5 Å². The summed E-state index contributed by atoms with van der Waals surface area (Å²) in [6, 6.07) is 7.03. The van der Waals surface area contributed by atoms with Crippen molar-refractivity contribution in [2.24, 2.45) is 5.73 Å². The van der Waals surface area contributed by atoms with E-state index in [0.717, 1.165) is 23.5 Å². The van der Waals surface area contributed by atoms with Crippen molar-refractivity contribution in [1.29, 1.82) is 0 Å². The lowest BCUT2D eigenvalue weighted by molar-refractivity contribution is -0.116. The predicted octanol–water partition coefficient (Wildman–Crippen LogP) is 2.17. The number of benzene rings is 1. The van der Waals surface area contributed by atoms with Crippen LogP contribution in [0.25, 0.3) is 0 Å². The van der Waals surface area contributed by atoms with E-state index < -0.39 is 0 Å². The van der Waals surface area contributed by atoms with Crippen LogP contribution in [0.2, 0.25) is 0 Å². The molecule has 2 amide bonds. The molecule has 0 saturated heterocycles. The number of nitrogens with one attached hydrogen (secondary N) is 2. The summed E-state index contributed by atoms with van der Waals surface area (Å²) in [5, 5.41) is 8.40. The van der Waals surface area contributed by atoms with Crippen molar-refractivity contribution in [3.05, 3.63) is 40.3 Å². The Morgan fingerprint density at radius 2 is 2.00 bits per heavy atom. The van der Waals surface area contributed by atoms with Crippen molar-refractivity contribution in [2.75, 3.05) is 17.2 Å². The van der Waals surface area contributed by atoms with Crippen LogP contribution in [0.15, 0.2) is 29.6 Å². The normalized spacial score (nSPS) is 10.3. The minimum Gasteiger partial charge on any atom is -0.330 e. The molecule has 1 aromatic heterocycles. The lowest BCUT2D eigenvalue weighted by Gasteiger charge is -2.07. The quantitative estimate of drug-likeness (QED) is 0.724. The van der Waals surface area contributed by atoms with Gasteiger partial charge >= 0.3 is 0 Å². The first-order valence-corrected chi connectivity index (χ1v) is 8.25. The van der Waals surface area contributed by atoms with E-state index in [2.05, 4.69) is 15.6 Å². The fourth-order valence-electron chi connectivity index (χ4n) is 2.05. The molecule has 0 bridgehead atoms. The summed E-state index contributed by atoms with van der Waals surface area (Å²) in [4.78, 5) is 27.6.